The van der Waals surface area contributed by atoms with Crippen LogP contribution in [0.2, 0.25) is 0 Å². The Hall–Kier alpha value is -1.32. The van der Waals surface area contributed by atoms with E-state index in [0.717, 1.165) is 18.3 Å². The molecule has 4 heteroatoms. The Kier molecular flexibility index (Phi) is 1.81. The summed E-state index contributed by atoms with van der Waals surface area (Å²) in [6.45, 7) is 1.01. The van der Waals surface area contributed by atoms with E-state index in [9.17, 15) is 0 Å². The van der Waals surface area contributed by atoms with Crippen molar-refractivity contribution in [2.45, 2.75) is 12.8 Å². The number of hydrogen-bond donors (Lipinski definition) is 2. The van der Waals surface area contributed by atoms with E-state index >= 15 is 0 Å². The molecule has 0 unspecified atom stereocenters. The van der Waals surface area contributed by atoms with Crippen molar-refractivity contribution in [3.8, 4) is 0 Å². The molecule has 0 aliphatic heterocycles. The van der Waals surface area contributed by atoms with Crippen LogP contribution < -0.4 is 11.1 Å². The zero-order valence-corrected chi connectivity index (χ0v) is 6.83. The fraction of sp³-hybridized carbons (Fsp3) is 0.500. The molecule has 12 heavy (non-hydrogen) atoms. The zero-order valence-electron chi connectivity index (χ0n) is 6.83. The summed E-state index contributed by atoms with van der Waals surface area (Å²) < 4.78 is 0. The number of anilines is 2. The van der Waals surface area contributed by atoms with Gasteiger partial charge >= 0.3 is 0 Å². The van der Waals surface area contributed by atoms with Crippen LogP contribution in [-0.4, -0.2) is 16.5 Å². The lowest BCUT2D eigenvalue weighted by atomic mass is 10.4. The lowest BCUT2D eigenvalue weighted by Crippen LogP contribution is -2.05. The van der Waals surface area contributed by atoms with Gasteiger partial charge in [0.15, 0.2) is 0 Å². The van der Waals surface area contributed by atoms with Gasteiger partial charge in [-0.15, -0.1) is 0 Å². The number of nitrogen functional groups attached to an aromatic ring is 1. The molecule has 1 aromatic heterocycles. The van der Waals surface area contributed by atoms with Crippen molar-refractivity contribution >= 4 is 11.6 Å². The Labute approximate surface area is 71.2 Å². The first-order chi connectivity index (χ1) is 5.84. The maximum atomic E-state index is 5.39. The van der Waals surface area contributed by atoms with Crippen molar-refractivity contribution in [1.29, 1.82) is 0 Å². The molecule has 1 saturated carbocycles. The monoisotopic (exact) mass is 164 g/mol. The van der Waals surface area contributed by atoms with Gasteiger partial charge in [0.2, 0.25) is 0 Å². The van der Waals surface area contributed by atoms with Crippen molar-refractivity contribution in [3.05, 3.63) is 12.4 Å². The van der Waals surface area contributed by atoms with Gasteiger partial charge in [0.1, 0.15) is 11.6 Å². The molecule has 0 amide bonds. The molecular formula is C8H12N4. The molecular weight excluding hydrogens is 152 g/mol. The lowest BCUT2D eigenvalue weighted by molar-refractivity contribution is 0.881. The molecule has 0 atom stereocenters. The third kappa shape index (κ3) is 1.84. The highest BCUT2D eigenvalue weighted by molar-refractivity contribution is 5.35. The van der Waals surface area contributed by atoms with Crippen molar-refractivity contribution in [1.82, 2.24) is 9.97 Å². The molecule has 0 bridgehead atoms. The van der Waals surface area contributed by atoms with Crippen LogP contribution in [-0.2, 0) is 0 Å². The highest BCUT2D eigenvalue weighted by Gasteiger charge is 2.20. The number of hydrogen-bond acceptors (Lipinski definition) is 4. The highest BCUT2D eigenvalue weighted by Crippen LogP contribution is 2.28. The van der Waals surface area contributed by atoms with Gasteiger partial charge in [0.05, 0.1) is 12.4 Å². The maximum Gasteiger partial charge on any atom is 0.144 e. The van der Waals surface area contributed by atoms with Crippen molar-refractivity contribution in [2.24, 2.45) is 5.92 Å². The molecule has 1 fully saturated rings. The molecule has 0 spiro atoms. The zero-order chi connectivity index (χ0) is 8.39. The molecule has 2 rings (SSSR count). The molecule has 1 heterocycles. The molecule has 0 aromatic carbocycles. The summed E-state index contributed by atoms with van der Waals surface area (Å²) >= 11 is 0. The second-order valence-corrected chi connectivity index (χ2v) is 3.15. The fourth-order valence-electron chi connectivity index (χ4n) is 1.00. The standard InChI is InChI=1S/C8H12N4/c9-7-4-12-8(5-10-7)11-3-6-1-2-6/h4-6H,1-3H2,(H2,9,10)(H,11,12). The third-order valence-corrected chi connectivity index (χ3v) is 1.94. The minimum absolute atomic E-state index is 0.465. The molecule has 0 radical (unpaired) electrons. The van der Waals surface area contributed by atoms with Crippen molar-refractivity contribution in [2.75, 3.05) is 17.6 Å². The van der Waals surface area contributed by atoms with E-state index in [4.69, 9.17) is 5.73 Å². The summed E-state index contributed by atoms with van der Waals surface area (Å²) in [5, 5.41) is 3.20. The Morgan fingerprint density at radius 1 is 1.42 bits per heavy atom. The normalized spacial score (nSPS) is 16.0. The minimum Gasteiger partial charge on any atom is -0.382 e. The number of aromatic nitrogens is 2. The summed E-state index contributed by atoms with van der Waals surface area (Å²) in [6.07, 6.45) is 5.91. The quantitative estimate of drug-likeness (QED) is 0.696. The van der Waals surface area contributed by atoms with Gasteiger partial charge in [-0.1, -0.05) is 0 Å². The predicted octanol–water partition coefficient (Wildman–Crippen LogP) is 0.881. The van der Waals surface area contributed by atoms with Gasteiger partial charge in [-0.3, -0.25) is 0 Å². The second kappa shape index (κ2) is 2.97. The SMILES string of the molecule is Nc1cnc(NCC2CC2)cn1. The number of rotatable bonds is 3. The predicted molar refractivity (Wildman–Crippen MR) is 47.7 cm³/mol. The molecule has 3 N–H and O–H groups in total. The van der Waals surface area contributed by atoms with Gasteiger partial charge in [0, 0.05) is 6.54 Å². The van der Waals surface area contributed by atoms with Crippen molar-refractivity contribution < 1.29 is 0 Å². The van der Waals surface area contributed by atoms with Crippen LogP contribution in [0.3, 0.4) is 0 Å². The van der Waals surface area contributed by atoms with Crippen LogP contribution in [0.25, 0.3) is 0 Å². The van der Waals surface area contributed by atoms with E-state index < -0.39 is 0 Å². The number of nitrogens with zero attached hydrogens (tertiary/aromatic N) is 2. The molecule has 1 aromatic rings. The molecule has 1 aliphatic carbocycles. The Morgan fingerprint density at radius 2 is 2.25 bits per heavy atom. The van der Waals surface area contributed by atoms with Crippen LogP contribution in [0.5, 0.6) is 0 Å². The van der Waals surface area contributed by atoms with E-state index in [1.165, 1.54) is 12.8 Å². The van der Waals surface area contributed by atoms with E-state index in [-0.39, 0.29) is 0 Å². The van der Waals surface area contributed by atoms with E-state index in [2.05, 4.69) is 15.3 Å². The van der Waals surface area contributed by atoms with Crippen molar-refractivity contribution in [3.63, 3.8) is 0 Å². The van der Waals surface area contributed by atoms with Crippen LogP contribution in [0.4, 0.5) is 11.6 Å². The smallest absolute Gasteiger partial charge is 0.144 e. The summed E-state index contributed by atoms with van der Waals surface area (Å²) in [4.78, 5) is 8.01. The summed E-state index contributed by atoms with van der Waals surface area (Å²) in [5.41, 5.74) is 5.39. The average molecular weight is 164 g/mol. The molecule has 0 saturated heterocycles. The summed E-state index contributed by atoms with van der Waals surface area (Å²) in [7, 11) is 0. The van der Waals surface area contributed by atoms with Gasteiger partial charge in [-0.05, 0) is 18.8 Å². The number of nitrogens with two attached hydrogens (primary N) is 1. The Balaban J connectivity index is 1.89. The topological polar surface area (TPSA) is 63.8 Å². The third-order valence-electron chi connectivity index (χ3n) is 1.94. The lowest BCUT2D eigenvalue weighted by Gasteiger charge is -2.02. The van der Waals surface area contributed by atoms with Crippen LogP contribution in [0.1, 0.15) is 12.8 Å². The molecule has 64 valence electrons. The summed E-state index contributed by atoms with van der Waals surface area (Å²) in [6, 6.07) is 0. The van der Waals surface area contributed by atoms with E-state index in [1.807, 2.05) is 0 Å². The fourth-order valence-corrected chi connectivity index (χ4v) is 1.00. The first-order valence-electron chi connectivity index (χ1n) is 4.16. The van der Waals surface area contributed by atoms with Crippen LogP contribution in [0.15, 0.2) is 12.4 Å². The Bertz CT molecular complexity index is 252. The number of nitrogens with one attached hydrogen (secondary N) is 1. The van der Waals surface area contributed by atoms with Crippen LogP contribution in [0, 0.1) is 5.92 Å². The van der Waals surface area contributed by atoms with Gasteiger partial charge in [0.25, 0.3) is 0 Å². The van der Waals surface area contributed by atoms with Crippen LogP contribution >= 0.6 is 0 Å². The minimum atomic E-state index is 0.465. The average Bonchev–Trinajstić information content (AvgIpc) is 2.87. The first kappa shape index (κ1) is 7.34. The van der Waals surface area contributed by atoms with E-state index in [0.29, 0.717) is 5.82 Å². The molecule has 1 aliphatic rings. The first-order valence-corrected chi connectivity index (χ1v) is 4.16. The Morgan fingerprint density at radius 3 is 2.83 bits per heavy atom. The second-order valence-electron chi connectivity index (χ2n) is 3.15. The van der Waals surface area contributed by atoms with Gasteiger partial charge in [-0.25, -0.2) is 9.97 Å². The highest BCUT2D eigenvalue weighted by atomic mass is 15.0. The van der Waals surface area contributed by atoms with Gasteiger partial charge in [-0.2, -0.15) is 0 Å². The summed E-state index contributed by atoms with van der Waals surface area (Å²) in [5.74, 6) is 2.13. The maximum absolute atomic E-state index is 5.39. The van der Waals surface area contributed by atoms with E-state index in [1.54, 1.807) is 12.4 Å². The van der Waals surface area contributed by atoms with Gasteiger partial charge < -0.3 is 11.1 Å². The molecule has 4 nitrogen and oxygen atoms in total. The largest absolute Gasteiger partial charge is 0.382 e.